The predicted molar refractivity (Wildman–Crippen MR) is 80.1 cm³/mol. The van der Waals surface area contributed by atoms with Gasteiger partial charge in [0.15, 0.2) is 0 Å². The SMILES string of the molecule is CCn1ccnc1CC(NN)C1Cc2ccccc2C1. The number of hydrogen-bond donors (Lipinski definition) is 2. The van der Waals surface area contributed by atoms with E-state index >= 15 is 0 Å². The molecule has 1 aliphatic rings. The summed E-state index contributed by atoms with van der Waals surface area (Å²) in [6.45, 7) is 3.10. The van der Waals surface area contributed by atoms with Gasteiger partial charge in [-0.25, -0.2) is 4.98 Å². The predicted octanol–water partition coefficient (Wildman–Crippen LogP) is 1.69. The molecule has 1 unspecified atom stereocenters. The molecule has 3 rings (SSSR count). The quantitative estimate of drug-likeness (QED) is 0.642. The second-order valence-corrected chi connectivity index (χ2v) is 5.54. The van der Waals surface area contributed by atoms with Crippen LogP contribution in [0, 0.1) is 5.92 Å². The Labute approximate surface area is 120 Å². The Hall–Kier alpha value is -1.65. The van der Waals surface area contributed by atoms with Crippen LogP contribution in [0.4, 0.5) is 0 Å². The third-order valence-corrected chi connectivity index (χ3v) is 4.41. The largest absolute Gasteiger partial charge is 0.335 e. The Morgan fingerprint density at radius 3 is 2.65 bits per heavy atom. The molecule has 3 N–H and O–H groups in total. The van der Waals surface area contributed by atoms with E-state index in [1.54, 1.807) is 0 Å². The third-order valence-electron chi connectivity index (χ3n) is 4.41. The highest BCUT2D eigenvalue weighted by Crippen LogP contribution is 2.29. The van der Waals surface area contributed by atoms with Crippen LogP contribution in [0.25, 0.3) is 0 Å². The van der Waals surface area contributed by atoms with Gasteiger partial charge in [0.05, 0.1) is 0 Å². The number of fused-ring (bicyclic) bond motifs is 1. The van der Waals surface area contributed by atoms with Gasteiger partial charge in [-0.1, -0.05) is 24.3 Å². The molecule has 1 aromatic carbocycles. The number of nitrogens with one attached hydrogen (secondary N) is 1. The van der Waals surface area contributed by atoms with Crippen LogP contribution in [0.15, 0.2) is 36.7 Å². The lowest BCUT2D eigenvalue weighted by molar-refractivity contribution is 0.358. The molecule has 4 nitrogen and oxygen atoms in total. The van der Waals surface area contributed by atoms with E-state index in [0.717, 1.165) is 31.6 Å². The number of aryl methyl sites for hydroxylation is 1. The average Bonchev–Trinajstić information content (AvgIpc) is 3.10. The molecule has 0 saturated heterocycles. The molecule has 4 heteroatoms. The van der Waals surface area contributed by atoms with Gasteiger partial charge in [-0.2, -0.15) is 0 Å². The third kappa shape index (κ3) is 2.49. The van der Waals surface area contributed by atoms with Crippen molar-refractivity contribution in [1.82, 2.24) is 15.0 Å². The monoisotopic (exact) mass is 270 g/mol. The van der Waals surface area contributed by atoms with Gasteiger partial charge in [0.25, 0.3) is 0 Å². The Bertz CT molecular complexity index is 550. The van der Waals surface area contributed by atoms with Gasteiger partial charge in [0, 0.05) is 31.4 Å². The molecule has 1 aliphatic carbocycles. The second-order valence-electron chi connectivity index (χ2n) is 5.54. The fourth-order valence-electron chi connectivity index (χ4n) is 3.25. The van der Waals surface area contributed by atoms with Gasteiger partial charge in [0.1, 0.15) is 5.82 Å². The van der Waals surface area contributed by atoms with Gasteiger partial charge in [-0.05, 0) is 36.8 Å². The van der Waals surface area contributed by atoms with Crippen LogP contribution in [-0.4, -0.2) is 15.6 Å². The van der Waals surface area contributed by atoms with E-state index in [9.17, 15) is 0 Å². The standard InChI is InChI=1S/C16H22N4/c1-2-20-8-7-18-16(20)11-15(19-17)14-9-12-5-3-4-6-13(12)10-14/h3-8,14-15,19H,2,9-11,17H2,1H3. The summed E-state index contributed by atoms with van der Waals surface area (Å²) < 4.78 is 2.19. The Balaban J connectivity index is 1.73. The number of hydrazine groups is 1. The Morgan fingerprint density at radius 1 is 1.35 bits per heavy atom. The summed E-state index contributed by atoms with van der Waals surface area (Å²) in [6.07, 6.45) is 7.01. The summed E-state index contributed by atoms with van der Waals surface area (Å²) in [5.41, 5.74) is 5.95. The van der Waals surface area contributed by atoms with Crippen molar-refractivity contribution in [3.8, 4) is 0 Å². The van der Waals surface area contributed by atoms with Crippen molar-refractivity contribution in [3.63, 3.8) is 0 Å². The van der Waals surface area contributed by atoms with E-state index in [2.05, 4.69) is 46.2 Å². The smallest absolute Gasteiger partial charge is 0.110 e. The first-order valence-corrected chi connectivity index (χ1v) is 7.34. The second kappa shape index (κ2) is 5.77. The molecule has 0 saturated carbocycles. The maximum atomic E-state index is 5.81. The number of imidazole rings is 1. The van der Waals surface area contributed by atoms with Crippen molar-refractivity contribution in [2.24, 2.45) is 11.8 Å². The lowest BCUT2D eigenvalue weighted by Crippen LogP contribution is -2.43. The van der Waals surface area contributed by atoms with Crippen LogP contribution in [0.5, 0.6) is 0 Å². The molecule has 1 heterocycles. The summed E-state index contributed by atoms with van der Waals surface area (Å²) in [5.74, 6) is 7.48. The van der Waals surface area contributed by atoms with Crippen LogP contribution in [-0.2, 0) is 25.8 Å². The fourth-order valence-corrected chi connectivity index (χ4v) is 3.25. The van der Waals surface area contributed by atoms with Crippen molar-refractivity contribution in [3.05, 3.63) is 53.6 Å². The van der Waals surface area contributed by atoms with Crippen LogP contribution in [0.3, 0.4) is 0 Å². The first-order chi connectivity index (χ1) is 9.81. The molecule has 106 valence electrons. The van der Waals surface area contributed by atoms with Gasteiger partial charge >= 0.3 is 0 Å². The Morgan fingerprint density at radius 2 is 2.05 bits per heavy atom. The van der Waals surface area contributed by atoms with Crippen molar-refractivity contribution < 1.29 is 0 Å². The maximum absolute atomic E-state index is 5.81. The van der Waals surface area contributed by atoms with Crippen LogP contribution < -0.4 is 11.3 Å². The lowest BCUT2D eigenvalue weighted by atomic mass is 9.94. The maximum Gasteiger partial charge on any atom is 0.110 e. The van der Waals surface area contributed by atoms with Gasteiger partial charge in [-0.3, -0.25) is 11.3 Å². The zero-order valence-electron chi connectivity index (χ0n) is 11.9. The number of rotatable bonds is 5. The molecule has 0 aliphatic heterocycles. The first kappa shape index (κ1) is 13.3. The molecule has 1 aromatic heterocycles. The Kier molecular flexibility index (Phi) is 3.85. The first-order valence-electron chi connectivity index (χ1n) is 7.34. The number of hydrogen-bond acceptors (Lipinski definition) is 3. The highest BCUT2D eigenvalue weighted by atomic mass is 15.2. The molecular weight excluding hydrogens is 248 g/mol. The summed E-state index contributed by atoms with van der Waals surface area (Å²) in [4.78, 5) is 4.46. The van der Waals surface area contributed by atoms with Crippen molar-refractivity contribution >= 4 is 0 Å². The van der Waals surface area contributed by atoms with E-state index in [0.29, 0.717) is 5.92 Å². The summed E-state index contributed by atoms with van der Waals surface area (Å²) in [6, 6.07) is 8.98. The minimum atomic E-state index is 0.273. The van der Waals surface area contributed by atoms with E-state index < -0.39 is 0 Å². The van der Waals surface area contributed by atoms with E-state index in [4.69, 9.17) is 5.84 Å². The number of benzene rings is 1. The zero-order valence-corrected chi connectivity index (χ0v) is 11.9. The highest BCUT2D eigenvalue weighted by Gasteiger charge is 2.28. The van der Waals surface area contributed by atoms with Gasteiger partial charge in [-0.15, -0.1) is 0 Å². The molecule has 0 amide bonds. The number of nitrogens with zero attached hydrogens (tertiary/aromatic N) is 2. The number of nitrogens with two attached hydrogens (primary N) is 1. The summed E-state index contributed by atoms with van der Waals surface area (Å²) >= 11 is 0. The molecule has 0 radical (unpaired) electrons. The topological polar surface area (TPSA) is 55.9 Å². The van der Waals surface area contributed by atoms with Gasteiger partial charge < -0.3 is 4.57 Å². The lowest BCUT2D eigenvalue weighted by Gasteiger charge is -2.22. The van der Waals surface area contributed by atoms with Crippen molar-refractivity contribution in [2.75, 3.05) is 0 Å². The summed E-state index contributed by atoms with van der Waals surface area (Å²) in [5, 5.41) is 0. The minimum Gasteiger partial charge on any atom is -0.335 e. The number of aromatic nitrogens is 2. The van der Waals surface area contributed by atoms with Crippen molar-refractivity contribution in [2.45, 2.75) is 38.8 Å². The molecule has 1 atom stereocenters. The van der Waals surface area contributed by atoms with Crippen LogP contribution in [0.1, 0.15) is 23.9 Å². The summed E-state index contributed by atoms with van der Waals surface area (Å²) in [7, 11) is 0. The van der Waals surface area contributed by atoms with E-state index in [1.807, 2.05) is 12.4 Å². The molecule has 20 heavy (non-hydrogen) atoms. The van der Waals surface area contributed by atoms with E-state index in [1.165, 1.54) is 11.1 Å². The van der Waals surface area contributed by atoms with Crippen LogP contribution >= 0.6 is 0 Å². The normalized spacial score (nSPS) is 16.3. The molecule has 0 fully saturated rings. The van der Waals surface area contributed by atoms with Crippen LogP contribution in [0.2, 0.25) is 0 Å². The van der Waals surface area contributed by atoms with Gasteiger partial charge in [0.2, 0.25) is 0 Å². The molecule has 2 aromatic rings. The molecule has 0 bridgehead atoms. The molecule has 0 spiro atoms. The minimum absolute atomic E-state index is 0.273. The average molecular weight is 270 g/mol. The fraction of sp³-hybridized carbons (Fsp3) is 0.438. The van der Waals surface area contributed by atoms with E-state index in [-0.39, 0.29) is 6.04 Å². The highest BCUT2D eigenvalue weighted by molar-refractivity contribution is 5.32. The molecular formula is C16H22N4. The van der Waals surface area contributed by atoms with Crippen molar-refractivity contribution in [1.29, 1.82) is 0 Å². The zero-order chi connectivity index (χ0) is 13.9.